The second kappa shape index (κ2) is 7.48. The van der Waals surface area contributed by atoms with Crippen LogP contribution in [0.2, 0.25) is 0 Å². The summed E-state index contributed by atoms with van der Waals surface area (Å²) < 4.78 is 32.3. The van der Waals surface area contributed by atoms with Gasteiger partial charge in [-0.25, -0.2) is 13.1 Å². The molecule has 0 saturated carbocycles. The van der Waals surface area contributed by atoms with Crippen molar-refractivity contribution in [3.8, 4) is 0 Å². The molecule has 8 heteroatoms. The maximum absolute atomic E-state index is 12.0. The monoisotopic (exact) mass is 319 g/mol. The van der Waals surface area contributed by atoms with Gasteiger partial charge in [-0.3, -0.25) is 4.90 Å². The molecule has 1 aliphatic rings. The van der Waals surface area contributed by atoms with Crippen molar-refractivity contribution in [2.75, 3.05) is 39.4 Å². The van der Waals surface area contributed by atoms with Crippen molar-refractivity contribution in [1.82, 2.24) is 9.62 Å². The highest BCUT2D eigenvalue weighted by atomic mass is 32.2. The van der Waals surface area contributed by atoms with E-state index in [0.29, 0.717) is 17.3 Å². The predicted molar refractivity (Wildman–Crippen MR) is 79.3 cm³/mol. The molecule has 2 heterocycles. The van der Waals surface area contributed by atoms with Gasteiger partial charge in [-0.1, -0.05) is 0 Å². The highest BCUT2D eigenvalue weighted by Gasteiger charge is 2.16. The fraction of sp³-hybridized carbons (Fsp3) is 0.667. The van der Waals surface area contributed by atoms with E-state index in [1.165, 1.54) is 11.3 Å². The summed E-state index contributed by atoms with van der Waals surface area (Å²) in [5, 5.41) is 0. The van der Waals surface area contributed by atoms with Crippen molar-refractivity contribution in [3.63, 3.8) is 0 Å². The molecule has 0 aromatic carbocycles. The molecule has 0 aliphatic carbocycles. The van der Waals surface area contributed by atoms with Gasteiger partial charge in [0.2, 0.25) is 10.0 Å². The van der Waals surface area contributed by atoms with Crippen LogP contribution >= 0.6 is 11.3 Å². The third-order valence-corrected chi connectivity index (χ3v) is 6.21. The van der Waals surface area contributed by atoms with Crippen LogP contribution in [0.3, 0.4) is 0 Å². The summed E-state index contributed by atoms with van der Waals surface area (Å²) in [5.74, 6) is 0. The number of nitrogens with one attached hydrogen (secondary N) is 1. The van der Waals surface area contributed by atoms with Crippen molar-refractivity contribution >= 4 is 21.4 Å². The lowest BCUT2D eigenvalue weighted by molar-refractivity contribution is 0.0376. The second-order valence-electron chi connectivity index (χ2n) is 4.63. The van der Waals surface area contributed by atoms with E-state index in [9.17, 15) is 8.42 Å². The summed E-state index contributed by atoms with van der Waals surface area (Å²) in [5.41, 5.74) is 5.49. The summed E-state index contributed by atoms with van der Waals surface area (Å²) in [6, 6.07) is 3.37. The molecule has 0 amide bonds. The Bertz CT molecular complexity index is 510. The second-order valence-corrected chi connectivity index (χ2v) is 7.79. The van der Waals surface area contributed by atoms with Crippen LogP contribution in [-0.2, 0) is 21.3 Å². The number of nitrogens with two attached hydrogens (primary N) is 1. The molecule has 3 N–H and O–H groups in total. The van der Waals surface area contributed by atoms with Gasteiger partial charge in [-0.05, 0) is 25.1 Å². The first-order chi connectivity index (χ1) is 9.62. The standard InChI is InChI=1S/C12H21N3O3S2/c13-10-11-2-3-12(19-11)20(16,17)14-4-1-5-15-6-8-18-9-7-15/h2-3,14H,1,4-10,13H2. The highest BCUT2D eigenvalue weighted by Crippen LogP contribution is 2.20. The Hall–Kier alpha value is -0.510. The Labute approximate surface area is 124 Å². The van der Waals surface area contributed by atoms with Crippen LogP contribution in [0, 0.1) is 0 Å². The van der Waals surface area contributed by atoms with E-state index in [0.717, 1.165) is 44.1 Å². The molecule has 1 aromatic rings. The normalized spacial score (nSPS) is 17.4. The van der Waals surface area contributed by atoms with Crippen LogP contribution < -0.4 is 10.5 Å². The quantitative estimate of drug-likeness (QED) is 0.702. The van der Waals surface area contributed by atoms with Crippen molar-refractivity contribution in [3.05, 3.63) is 17.0 Å². The molecule has 1 fully saturated rings. The maximum Gasteiger partial charge on any atom is 0.250 e. The van der Waals surface area contributed by atoms with Gasteiger partial charge in [-0.15, -0.1) is 11.3 Å². The SMILES string of the molecule is NCc1ccc(S(=O)(=O)NCCCN2CCOCC2)s1. The fourth-order valence-corrected chi connectivity index (χ4v) is 4.37. The number of nitrogens with zero attached hydrogens (tertiary/aromatic N) is 1. The van der Waals surface area contributed by atoms with E-state index in [-0.39, 0.29) is 0 Å². The zero-order chi connectivity index (χ0) is 14.4. The van der Waals surface area contributed by atoms with Crippen LogP contribution in [0.5, 0.6) is 0 Å². The zero-order valence-electron chi connectivity index (χ0n) is 11.4. The first-order valence-corrected chi connectivity index (χ1v) is 9.00. The Kier molecular flexibility index (Phi) is 5.94. The fourth-order valence-electron chi connectivity index (χ4n) is 2.02. The summed E-state index contributed by atoms with van der Waals surface area (Å²) in [7, 11) is -3.38. The predicted octanol–water partition coefficient (Wildman–Crippen LogP) is 0.207. The Morgan fingerprint density at radius 3 is 2.75 bits per heavy atom. The highest BCUT2D eigenvalue weighted by molar-refractivity contribution is 7.91. The minimum absolute atomic E-state index is 0.337. The molecule has 2 rings (SSSR count). The smallest absolute Gasteiger partial charge is 0.250 e. The average Bonchev–Trinajstić information content (AvgIpc) is 2.95. The first-order valence-electron chi connectivity index (χ1n) is 6.70. The van der Waals surface area contributed by atoms with Gasteiger partial charge in [0.25, 0.3) is 0 Å². The Morgan fingerprint density at radius 1 is 1.35 bits per heavy atom. The summed E-state index contributed by atoms with van der Waals surface area (Å²) in [6.45, 7) is 5.11. The molecule has 0 radical (unpaired) electrons. The van der Waals surface area contributed by atoms with Crippen LogP contribution in [-0.4, -0.2) is 52.7 Å². The zero-order valence-corrected chi connectivity index (χ0v) is 13.0. The summed E-state index contributed by atoms with van der Waals surface area (Å²) >= 11 is 1.22. The van der Waals surface area contributed by atoms with E-state index in [1.807, 2.05) is 0 Å². The van der Waals surface area contributed by atoms with Gasteiger partial charge < -0.3 is 10.5 Å². The minimum atomic E-state index is -3.38. The molecule has 1 saturated heterocycles. The van der Waals surface area contributed by atoms with Crippen molar-refractivity contribution in [1.29, 1.82) is 0 Å². The molecule has 1 aromatic heterocycles. The Balaban J connectivity index is 1.74. The lowest BCUT2D eigenvalue weighted by Gasteiger charge is -2.26. The molecule has 6 nitrogen and oxygen atoms in total. The molecule has 0 spiro atoms. The molecule has 114 valence electrons. The number of thiophene rings is 1. The Morgan fingerprint density at radius 2 is 2.10 bits per heavy atom. The van der Waals surface area contributed by atoms with E-state index in [2.05, 4.69) is 9.62 Å². The van der Waals surface area contributed by atoms with Crippen molar-refractivity contribution in [2.24, 2.45) is 5.73 Å². The largest absolute Gasteiger partial charge is 0.379 e. The summed E-state index contributed by atoms with van der Waals surface area (Å²) in [6.07, 6.45) is 0.800. The topological polar surface area (TPSA) is 84.7 Å². The van der Waals surface area contributed by atoms with E-state index >= 15 is 0 Å². The molecule has 0 unspecified atom stereocenters. The number of hydrogen-bond donors (Lipinski definition) is 2. The van der Waals surface area contributed by atoms with Gasteiger partial charge in [0, 0.05) is 31.1 Å². The first kappa shape index (κ1) is 15.9. The van der Waals surface area contributed by atoms with Gasteiger partial charge in [-0.2, -0.15) is 0 Å². The van der Waals surface area contributed by atoms with E-state index < -0.39 is 10.0 Å². The van der Waals surface area contributed by atoms with Gasteiger partial charge in [0.15, 0.2) is 0 Å². The molecule has 1 aliphatic heterocycles. The van der Waals surface area contributed by atoms with Crippen LogP contribution in [0.4, 0.5) is 0 Å². The number of rotatable bonds is 7. The molecule has 20 heavy (non-hydrogen) atoms. The van der Waals surface area contributed by atoms with E-state index in [1.54, 1.807) is 12.1 Å². The number of sulfonamides is 1. The number of morpholine rings is 1. The van der Waals surface area contributed by atoms with Crippen molar-refractivity contribution < 1.29 is 13.2 Å². The third-order valence-electron chi connectivity index (χ3n) is 3.15. The molecule has 0 atom stereocenters. The minimum Gasteiger partial charge on any atom is -0.379 e. The molecule has 0 bridgehead atoms. The lowest BCUT2D eigenvalue weighted by atomic mass is 10.3. The van der Waals surface area contributed by atoms with Gasteiger partial charge in [0.1, 0.15) is 4.21 Å². The van der Waals surface area contributed by atoms with Crippen LogP contribution in [0.15, 0.2) is 16.3 Å². The maximum atomic E-state index is 12.0. The lowest BCUT2D eigenvalue weighted by Crippen LogP contribution is -2.38. The summed E-state index contributed by atoms with van der Waals surface area (Å²) in [4.78, 5) is 3.16. The average molecular weight is 319 g/mol. The van der Waals surface area contributed by atoms with Gasteiger partial charge >= 0.3 is 0 Å². The molecular formula is C12H21N3O3S2. The number of hydrogen-bond acceptors (Lipinski definition) is 6. The number of ether oxygens (including phenoxy) is 1. The van der Waals surface area contributed by atoms with E-state index in [4.69, 9.17) is 10.5 Å². The van der Waals surface area contributed by atoms with Crippen LogP contribution in [0.25, 0.3) is 0 Å². The third kappa shape index (κ3) is 4.51. The van der Waals surface area contributed by atoms with Gasteiger partial charge in [0.05, 0.1) is 13.2 Å². The molecular weight excluding hydrogens is 298 g/mol. The van der Waals surface area contributed by atoms with Crippen molar-refractivity contribution in [2.45, 2.75) is 17.2 Å². The van der Waals surface area contributed by atoms with Crippen LogP contribution in [0.1, 0.15) is 11.3 Å².